The molecule has 3 rings (SSSR count). The fraction of sp³-hybridized carbons (Fsp3) is 0.500. The number of nitrogens with zero attached hydrogens (tertiary/aromatic N) is 1. The van der Waals surface area contributed by atoms with Crippen LogP contribution in [0.4, 0.5) is 5.69 Å². The second-order valence-corrected chi connectivity index (χ2v) is 6.06. The predicted octanol–water partition coefficient (Wildman–Crippen LogP) is 3.13. The zero-order valence-corrected chi connectivity index (χ0v) is 12.3. The topological polar surface area (TPSA) is 81.2 Å². The van der Waals surface area contributed by atoms with E-state index in [0.717, 1.165) is 42.5 Å². The van der Waals surface area contributed by atoms with Crippen molar-refractivity contribution < 1.29 is 9.21 Å². The monoisotopic (exact) mass is 287 g/mol. The Kier molecular flexibility index (Phi) is 3.68. The molecular weight excluding hydrogens is 266 g/mol. The van der Waals surface area contributed by atoms with E-state index in [1.54, 1.807) is 6.92 Å². The third kappa shape index (κ3) is 3.24. The van der Waals surface area contributed by atoms with E-state index in [0.29, 0.717) is 12.3 Å². The number of oxazole rings is 1. The maximum Gasteiger partial charge on any atom is 0.226 e. The number of fused-ring (bicyclic) bond motifs is 1. The molecule has 0 bridgehead atoms. The summed E-state index contributed by atoms with van der Waals surface area (Å²) in [5, 5.41) is 2.92. The van der Waals surface area contributed by atoms with Crippen LogP contribution in [0.5, 0.6) is 0 Å². The minimum Gasteiger partial charge on any atom is -0.441 e. The van der Waals surface area contributed by atoms with Crippen molar-refractivity contribution in [2.45, 2.75) is 51.0 Å². The van der Waals surface area contributed by atoms with Crippen LogP contribution in [0.25, 0.3) is 11.1 Å². The first-order chi connectivity index (χ1) is 10.0. The molecule has 0 unspecified atom stereocenters. The molecule has 2 aromatic rings. The van der Waals surface area contributed by atoms with Crippen molar-refractivity contribution in [3.8, 4) is 0 Å². The molecule has 1 saturated carbocycles. The molecule has 1 fully saturated rings. The number of rotatable bonds is 3. The zero-order chi connectivity index (χ0) is 14.9. The van der Waals surface area contributed by atoms with Crippen LogP contribution in [0.15, 0.2) is 22.6 Å². The first-order valence-corrected chi connectivity index (χ1v) is 7.50. The van der Waals surface area contributed by atoms with Crippen LogP contribution in [-0.2, 0) is 4.79 Å². The van der Waals surface area contributed by atoms with Gasteiger partial charge in [0.1, 0.15) is 5.52 Å². The van der Waals surface area contributed by atoms with Gasteiger partial charge in [-0.2, -0.15) is 0 Å². The van der Waals surface area contributed by atoms with Gasteiger partial charge in [-0.25, -0.2) is 4.98 Å². The summed E-state index contributed by atoms with van der Waals surface area (Å²) in [5.74, 6) is 0.593. The molecule has 1 aliphatic carbocycles. The number of benzene rings is 1. The predicted molar refractivity (Wildman–Crippen MR) is 82.0 cm³/mol. The summed E-state index contributed by atoms with van der Waals surface area (Å²) in [4.78, 5) is 16.5. The molecule has 1 aromatic carbocycles. The molecule has 5 nitrogen and oxygen atoms in total. The quantitative estimate of drug-likeness (QED) is 0.908. The van der Waals surface area contributed by atoms with E-state index in [2.05, 4.69) is 10.3 Å². The maximum absolute atomic E-state index is 12.2. The Bertz CT molecular complexity index is 657. The van der Waals surface area contributed by atoms with Crippen molar-refractivity contribution in [2.24, 2.45) is 5.73 Å². The Labute approximate surface area is 123 Å². The van der Waals surface area contributed by atoms with Crippen LogP contribution < -0.4 is 11.1 Å². The highest BCUT2D eigenvalue weighted by Gasteiger charge is 2.29. The lowest BCUT2D eigenvalue weighted by Crippen LogP contribution is -2.44. The highest BCUT2D eigenvalue weighted by molar-refractivity contribution is 5.93. The molecule has 1 aliphatic rings. The Morgan fingerprint density at radius 3 is 2.90 bits per heavy atom. The van der Waals surface area contributed by atoms with Crippen molar-refractivity contribution in [3.63, 3.8) is 0 Å². The molecule has 0 spiro atoms. The Morgan fingerprint density at radius 1 is 1.38 bits per heavy atom. The molecule has 112 valence electrons. The first-order valence-electron chi connectivity index (χ1n) is 7.50. The lowest BCUT2D eigenvalue weighted by atomic mass is 9.80. The normalized spacial score (nSPS) is 17.8. The van der Waals surface area contributed by atoms with Crippen molar-refractivity contribution in [3.05, 3.63) is 24.1 Å². The van der Waals surface area contributed by atoms with E-state index in [-0.39, 0.29) is 11.4 Å². The van der Waals surface area contributed by atoms with Gasteiger partial charge in [-0.1, -0.05) is 19.3 Å². The summed E-state index contributed by atoms with van der Waals surface area (Å²) in [6.45, 7) is 1.81. The molecule has 0 radical (unpaired) electrons. The van der Waals surface area contributed by atoms with Crippen LogP contribution in [0.2, 0.25) is 0 Å². The van der Waals surface area contributed by atoms with Crippen LogP contribution in [-0.4, -0.2) is 16.4 Å². The summed E-state index contributed by atoms with van der Waals surface area (Å²) in [5.41, 5.74) is 8.20. The number of aromatic nitrogens is 1. The smallest absolute Gasteiger partial charge is 0.226 e. The average molecular weight is 287 g/mol. The van der Waals surface area contributed by atoms with E-state index >= 15 is 0 Å². The number of hydrogen-bond acceptors (Lipinski definition) is 4. The molecule has 0 aliphatic heterocycles. The highest BCUT2D eigenvalue weighted by atomic mass is 16.3. The van der Waals surface area contributed by atoms with Gasteiger partial charge in [0.2, 0.25) is 5.91 Å². The molecule has 1 heterocycles. The van der Waals surface area contributed by atoms with E-state index < -0.39 is 0 Å². The zero-order valence-electron chi connectivity index (χ0n) is 12.3. The fourth-order valence-corrected chi connectivity index (χ4v) is 3.08. The van der Waals surface area contributed by atoms with Gasteiger partial charge in [-0.15, -0.1) is 0 Å². The van der Waals surface area contributed by atoms with Gasteiger partial charge in [-0.05, 0) is 31.0 Å². The summed E-state index contributed by atoms with van der Waals surface area (Å²) in [6, 6.07) is 5.48. The Morgan fingerprint density at radius 2 is 2.14 bits per heavy atom. The minimum absolute atomic E-state index is 0.0287. The van der Waals surface area contributed by atoms with Crippen LogP contribution >= 0.6 is 0 Å². The summed E-state index contributed by atoms with van der Waals surface area (Å²) >= 11 is 0. The lowest BCUT2D eigenvalue weighted by Gasteiger charge is -2.32. The molecule has 0 atom stereocenters. The number of nitrogens with two attached hydrogens (primary N) is 1. The second kappa shape index (κ2) is 5.48. The van der Waals surface area contributed by atoms with Crippen molar-refractivity contribution >= 4 is 22.7 Å². The van der Waals surface area contributed by atoms with E-state index in [9.17, 15) is 4.79 Å². The van der Waals surface area contributed by atoms with Crippen molar-refractivity contribution in [2.75, 3.05) is 5.32 Å². The molecule has 0 saturated heterocycles. The summed E-state index contributed by atoms with van der Waals surface area (Å²) < 4.78 is 5.42. The van der Waals surface area contributed by atoms with E-state index in [4.69, 9.17) is 10.2 Å². The number of anilines is 1. The van der Waals surface area contributed by atoms with Crippen LogP contribution in [0.1, 0.15) is 44.4 Å². The largest absolute Gasteiger partial charge is 0.441 e. The molecule has 21 heavy (non-hydrogen) atoms. The number of carbonyl (C=O) groups is 1. The standard InChI is InChI=1S/C16H21N3O2/c1-11-18-13-9-12(5-6-14(13)21-11)19-15(20)10-16(17)7-3-2-4-8-16/h5-6,9H,2-4,7-8,10,17H2,1H3,(H,19,20). The highest BCUT2D eigenvalue weighted by Crippen LogP contribution is 2.29. The van der Waals surface area contributed by atoms with Crippen molar-refractivity contribution in [1.29, 1.82) is 0 Å². The SMILES string of the molecule is Cc1nc2cc(NC(=O)CC3(N)CCCCC3)ccc2o1. The van der Waals surface area contributed by atoms with Gasteiger partial charge < -0.3 is 15.5 Å². The minimum atomic E-state index is -0.336. The Hall–Kier alpha value is -1.88. The second-order valence-electron chi connectivity index (χ2n) is 6.06. The lowest BCUT2D eigenvalue weighted by molar-refractivity contribution is -0.117. The van der Waals surface area contributed by atoms with Gasteiger partial charge in [0.05, 0.1) is 0 Å². The summed E-state index contributed by atoms with van der Waals surface area (Å²) in [7, 11) is 0. The van der Waals surface area contributed by atoms with Gasteiger partial charge in [0.15, 0.2) is 11.5 Å². The maximum atomic E-state index is 12.2. The van der Waals surface area contributed by atoms with Gasteiger partial charge in [-0.3, -0.25) is 4.79 Å². The third-order valence-electron chi connectivity index (χ3n) is 4.14. The summed E-state index contributed by atoms with van der Waals surface area (Å²) in [6.07, 6.45) is 5.71. The number of amides is 1. The van der Waals surface area contributed by atoms with Crippen LogP contribution in [0.3, 0.4) is 0 Å². The van der Waals surface area contributed by atoms with Crippen molar-refractivity contribution in [1.82, 2.24) is 4.98 Å². The molecule has 3 N–H and O–H groups in total. The number of carbonyl (C=O) groups excluding carboxylic acids is 1. The van der Waals surface area contributed by atoms with Gasteiger partial charge in [0, 0.05) is 24.6 Å². The van der Waals surface area contributed by atoms with Gasteiger partial charge >= 0.3 is 0 Å². The van der Waals surface area contributed by atoms with Gasteiger partial charge in [0.25, 0.3) is 0 Å². The average Bonchev–Trinajstić information content (AvgIpc) is 2.78. The third-order valence-corrected chi connectivity index (χ3v) is 4.14. The first kappa shape index (κ1) is 14.1. The molecule has 5 heteroatoms. The molecular formula is C16H21N3O2. The number of aryl methyl sites for hydroxylation is 1. The fourth-order valence-electron chi connectivity index (χ4n) is 3.08. The number of nitrogens with one attached hydrogen (secondary N) is 1. The van der Waals surface area contributed by atoms with E-state index in [1.165, 1.54) is 6.42 Å². The van der Waals surface area contributed by atoms with E-state index in [1.807, 2.05) is 18.2 Å². The van der Waals surface area contributed by atoms with Crippen LogP contribution in [0, 0.1) is 6.92 Å². The Balaban J connectivity index is 1.67. The number of hydrogen-bond donors (Lipinski definition) is 2. The molecule has 1 aromatic heterocycles. The molecule has 1 amide bonds.